The molecule has 0 N–H and O–H groups in total. The summed E-state index contributed by atoms with van der Waals surface area (Å²) in [6.45, 7) is 0. The van der Waals surface area contributed by atoms with Crippen LogP contribution in [0.2, 0.25) is 0 Å². The monoisotopic (exact) mass is 628 g/mol. The first-order valence-corrected chi connectivity index (χ1v) is 17.2. The maximum atomic E-state index is 6.97. The molecule has 224 valence electrons. The summed E-state index contributed by atoms with van der Waals surface area (Å²) in [5, 5.41) is 8.50. The Balaban J connectivity index is 1.33. The van der Waals surface area contributed by atoms with Crippen LogP contribution in [0.5, 0.6) is 0 Å². The first-order chi connectivity index (χ1) is 23.8. The van der Waals surface area contributed by atoms with Crippen LogP contribution in [0.25, 0.3) is 97.4 Å². The fourth-order valence-corrected chi connectivity index (χ4v) is 8.92. The van der Waals surface area contributed by atoms with E-state index in [2.05, 4.69) is 170 Å². The highest BCUT2D eigenvalue weighted by Crippen LogP contribution is 2.51. The lowest BCUT2D eigenvalue weighted by atomic mass is 9.85. The van der Waals surface area contributed by atoms with Crippen LogP contribution in [-0.2, 0) is 0 Å². The van der Waals surface area contributed by atoms with Gasteiger partial charge in [0.2, 0.25) is 0 Å². The van der Waals surface area contributed by atoms with Crippen molar-refractivity contribution in [2.75, 3.05) is 0 Å². The van der Waals surface area contributed by atoms with Crippen LogP contribution in [0.1, 0.15) is 0 Å². The van der Waals surface area contributed by atoms with Crippen molar-refractivity contribution in [2.24, 2.45) is 0 Å². The van der Waals surface area contributed by atoms with Crippen molar-refractivity contribution in [3.05, 3.63) is 170 Å². The van der Waals surface area contributed by atoms with E-state index in [1.54, 1.807) is 0 Å². The van der Waals surface area contributed by atoms with Gasteiger partial charge < -0.3 is 4.42 Å². The van der Waals surface area contributed by atoms with Crippen molar-refractivity contribution >= 4 is 64.9 Å². The molecule has 0 amide bonds. The molecule has 0 aliphatic heterocycles. The molecule has 10 aromatic rings. The van der Waals surface area contributed by atoms with Crippen LogP contribution in [-0.4, -0.2) is 0 Å². The molecule has 0 unspecified atom stereocenters. The van der Waals surface area contributed by atoms with Gasteiger partial charge in [0.15, 0.2) is 0 Å². The summed E-state index contributed by atoms with van der Waals surface area (Å²) in [6.07, 6.45) is 0. The molecule has 10 rings (SSSR count). The molecule has 0 radical (unpaired) electrons. The van der Waals surface area contributed by atoms with Gasteiger partial charge in [-0.15, -0.1) is 11.3 Å². The third kappa shape index (κ3) is 4.03. The molecule has 0 bridgehead atoms. The second-order valence-corrected chi connectivity index (χ2v) is 13.4. The van der Waals surface area contributed by atoms with E-state index in [-0.39, 0.29) is 0 Å². The van der Waals surface area contributed by atoms with E-state index in [0.717, 1.165) is 22.1 Å². The smallest absolute Gasteiger partial charge is 0.143 e. The van der Waals surface area contributed by atoms with Gasteiger partial charge in [-0.1, -0.05) is 158 Å². The van der Waals surface area contributed by atoms with E-state index in [1.165, 1.54) is 75.3 Å². The number of fused-ring (bicyclic) bond motifs is 7. The molecule has 2 aromatic heterocycles. The molecule has 0 saturated carbocycles. The first kappa shape index (κ1) is 27.2. The average molecular weight is 629 g/mol. The molecule has 0 fully saturated rings. The number of rotatable bonds is 4. The van der Waals surface area contributed by atoms with Crippen LogP contribution < -0.4 is 0 Å². The second kappa shape index (κ2) is 10.8. The first-order valence-electron chi connectivity index (χ1n) is 16.4. The van der Waals surface area contributed by atoms with E-state index < -0.39 is 0 Å². The minimum Gasteiger partial charge on any atom is -0.455 e. The summed E-state index contributed by atoms with van der Waals surface area (Å²) in [7, 11) is 0. The fourth-order valence-electron chi connectivity index (χ4n) is 7.68. The third-order valence-electron chi connectivity index (χ3n) is 9.68. The Hall–Kier alpha value is -5.96. The standard InChI is InChI=1S/C46H28OS/c1-4-15-29(16-5-1)40-32-21-10-12-23-34(32)42(35-24-13-11-22-33(35)40)36-25-14-26-37-43-38(47-45(36)37)27-28-39-44(43)41(30-17-6-2-7-18-30)46(48-39)31-19-8-3-9-20-31/h1-28H. The van der Waals surface area contributed by atoms with Gasteiger partial charge >= 0.3 is 0 Å². The van der Waals surface area contributed by atoms with Crippen molar-refractivity contribution < 1.29 is 4.42 Å². The van der Waals surface area contributed by atoms with Crippen LogP contribution in [0.3, 0.4) is 0 Å². The second-order valence-electron chi connectivity index (χ2n) is 12.3. The van der Waals surface area contributed by atoms with Gasteiger partial charge in [0.25, 0.3) is 0 Å². The van der Waals surface area contributed by atoms with Gasteiger partial charge in [-0.05, 0) is 55.9 Å². The van der Waals surface area contributed by atoms with Crippen LogP contribution in [0.4, 0.5) is 0 Å². The van der Waals surface area contributed by atoms with Crippen molar-refractivity contribution in [1.29, 1.82) is 0 Å². The number of thiophene rings is 1. The third-order valence-corrected chi connectivity index (χ3v) is 10.9. The van der Waals surface area contributed by atoms with Gasteiger partial charge in [-0.25, -0.2) is 0 Å². The predicted octanol–water partition coefficient (Wildman–Crippen LogP) is 13.8. The van der Waals surface area contributed by atoms with Crippen molar-refractivity contribution in [2.45, 2.75) is 0 Å². The molecule has 0 atom stereocenters. The Morgan fingerprint density at radius 2 is 0.854 bits per heavy atom. The molecule has 0 saturated heterocycles. The predicted molar refractivity (Wildman–Crippen MR) is 206 cm³/mol. The quantitative estimate of drug-likeness (QED) is 0.177. The van der Waals surface area contributed by atoms with Crippen molar-refractivity contribution in [3.63, 3.8) is 0 Å². The van der Waals surface area contributed by atoms with Crippen molar-refractivity contribution in [1.82, 2.24) is 0 Å². The molecule has 2 heterocycles. The van der Waals surface area contributed by atoms with Gasteiger partial charge in [-0.3, -0.25) is 0 Å². The Morgan fingerprint density at radius 1 is 0.354 bits per heavy atom. The molecule has 2 heteroatoms. The SMILES string of the molecule is c1ccc(-c2sc3ccc4oc5c(-c6c7ccccc7c(-c7ccccc7)c7ccccc67)cccc5c4c3c2-c2ccccc2)cc1. The summed E-state index contributed by atoms with van der Waals surface area (Å²) in [5.74, 6) is 0. The maximum Gasteiger partial charge on any atom is 0.143 e. The number of hydrogen-bond donors (Lipinski definition) is 0. The summed E-state index contributed by atoms with van der Waals surface area (Å²) in [4.78, 5) is 1.28. The number of furan rings is 1. The minimum atomic E-state index is 0.911. The van der Waals surface area contributed by atoms with E-state index in [0.29, 0.717) is 0 Å². The number of para-hydroxylation sites is 1. The molecular weight excluding hydrogens is 601 g/mol. The van der Waals surface area contributed by atoms with Gasteiger partial charge in [-0.2, -0.15) is 0 Å². The summed E-state index contributed by atoms with van der Waals surface area (Å²) in [6, 6.07) is 61.1. The van der Waals surface area contributed by atoms with E-state index in [4.69, 9.17) is 4.42 Å². The lowest BCUT2D eigenvalue weighted by Crippen LogP contribution is -1.90. The Labute approximate surface area is 282 Å². The summed E-state index contributed by atoms with van der Waals surface area (Å²) >= 11 is 1.86. The fraction of sp³-hybridized carbons (Fsp3) is 0. The zero-order valence-electron chi connectivity index (χ0n) is 26.0. The highest BCUT2D eigenvalue weighted by Gasteiger charge is 2.24. The zero-order chi connectivity index (χ0) is 31.6. The summed E-state index contributed by atoms with van der Waals surface area (Å²) < 4.78 is 8.23. The van der Waals surface area contributed by atoms with Crippen LogP contribution in [0, 0.1) is 0 Å². The highest BCUT2D eigenvalue weighted by molar-refractivity contribution is 7.23. The zero-order valence-corrected chi connectivity index (χ0v) is 26.8. The Kier molecular flexibility index (Phi) is 6.12. The maximum absolute atomic E-state index is 6.97. The van der Waals surface area contributed by atoms with E-state index >= 15 is 0 Å². The van der Waals surface area contributed by atoms with Crippen LogP contribution >= 0.6 is 11.3 Å². The molecule has 48 heavy (non-hydrogen) atoms. The van der Waals surface area contributed by atoms with Gasteiger partial charge in [0, 0.05) is 42.4 Å². The van der Waals surface area contributed by atoms with Gasteiger partial charge in [0.1, 0.15) is 11.2 Å². The lowest BCUT2D eigenvalue weighted by Gasteiger charge is -2.17. The molecule has 0 spiro atoms. The van der Waals surface area contributed by atoms with E-state index in [1.807, 2.05) is 11.3 Å². The average Bonchev–Trinajstić information content (AvgIpc) is 3.74. The number of benzene rings is 8. The van der Waals surface area contributed by atoms with Crippen molar-refractivity contribution in [3.8, 4) is 43.8 Å². The van der Waals surface area contributed by atoms with Gasteiger partial charge in [0.05, 0.1) is 0 Å². The molecule has 0 aliphatic carbocycles. The largest absolute Gasteiger partial charge is 0.455 e. The van der Waals surface area contributed by atoms with E-state index in [9.17, 15) is 0 Å². The molecule has 1 nitrogen and oxygen atoms in total. The minimum absolute atomic E-state index is 0.911. The Morgan fingerprint density at radius 3 is 1.46 bits per heavy atom. The molecular formula is C46H28OS. The Bertz CT molecular complexity index is 2750. The molecule has 0 aliphatic rings. The lowest BCUT2D eigenvalue weighted by molar-refractivity contribution is 0.670. The van der Waals surface area contributed by atoms with Crippen LogP contribution in [0.15, 0.2) is 174 Å². The summed E-state index contributed by atoms with van der Waals surface area (Å²) in [5.41, 5.74) is 10.4. The highest BCUT2D eigenvalue weighted by atomic mass is 32.1. The number of hydrogen-bond acceptors (Lipinski definition) is 2. The molecule has 8 aromatic carbocycles. The normalized spacial score (nSPS) is 11.8. The topological polar surface area (TPSA) is 13.1 Å².